The molecule has 1 nitrogen and oxygen atoms in total. The molecule has 0 atom stereocenters. The molecular formula is C9H18N. The Hall–Kier alpha value is -0.300. The summed E-state index contributed by atoms with van der Waals surface area (Å²) in [5.41, 5.74) is 6.87. The Bertz CT molecular complexity index is 76.8. The molecule has 59 valence electrons. The van der Waals surface area contributed by atoms with Gasteiger partial charge in [-0.05, 0) is 19.3 Å². The highest BCUT2D eigenvalue weighted by atomic mass is 14.5. The largest absolute Gasteiger partial charge is 0.258 e. The second kappa shape index (κ2) is 8.70. The summed E-state index contributed by atoms with van der Waals surface area (Å²) in [5, 5.41) is 0. The van der Waals surface area contributed by atoms with E-state index >= 15 is 0 Å². The van der Waals surface area contributed by atoms with Gasteiger partial charge in [-0.25, -0.2) is 0 Å². The van der Waals surface area contributed by atoms with Crippen LogP contribution >= 0.6 is 0 Å². The van der Waals surface area contributed by atoms with E-state index in [0.29, 0.717) is 6.54 Å². The summed E-state index contributed by atoms with van der Waals surface area (Å²) in [4.78, 5) is 0. The molecular weight excluding hydrogens is 122 g/mol. The van der Waals surface area contributed by atoms with E-state index < -0.39 is 0 Å². The molecule has 0 aliphatic rings. The number of allylic oxidation sites excluding steroid dienone is 1. The lowest BCUT2D eigenvalue weighted by atomic mass is 10.2. The van der Waals surface area contributed by atoms with Gasteiger partial charge in [0.1, 0.15) is 0 Å². The Balaban J connectivity index is 2.88. The fraction of sp³-hybridized carbons (Fsp3) is 0.778. The monoisotopic (exact) mass is 140 g/mol. The van der Waals surface area contributed by atoms with Crippen LogP contribution in [-0.4, -0.2) is 6.54 Å². The van der Waals surface area contributed by atoms with E-state index in [9.17, 15) is 0 Å². The summed E-state index contributed by atoms with van der Waals surface area (Å²) in [6.07, 6.45) is 10.4. The van der Waals surface area contributed by atoms with Gasteiger partial charge in [0.25, 0.3) is 0 Å². The summed E-state index contributed by atoms with van der Waals surface area (Å²) in [6, 6.07) is 0. The molecule has 0 unspecified atom stereocenters. The fourth-order valence-corrected chi connectivity index (χ4v) is 0.831. The molecule has 0 rings (SSSR count). The van der Waals surface area contributed by atoms with Crippen LogP contribution in [0.25, 0.3) is 0 Å². The molecule has 0 amide bonds. The van der Waals surface area contributed by atoms with Crippen molar-refractivity contribution in [3.63, 3.8) is 0 Å². The molecule has 0 fully saturated rings. The van der Waals surface area contributed by atoms with E-state index in [4.69, 9.17) is 5.73 Å². The van der Waals surface area contributed by atoms with Gasteiger partial charge in [0.05, 0.1) is 0 Å². The van der Waals surface area contributed by atoms with Gasteiger partial charge in [-0.2, -0.15) is 0 Å². The lowest BCUT2D eigenvalue weighted by molar-refractivity contribution is 0.728. The molecule has 0 aromatic rings. The molecule has 1 heteroatoms. The minimum atomic E-state index is 0.532. The van der Waals surface area contributed by atoms with Crippen LogP contribution in [0.5, 0.6) is 0 Å². The van der Waals surface area contributed by atoms with E-state index in [0.717, 1.165) is 6.42 Å². The van der Waals surface area contributed by atoms with Gasteiger partial charge in [0.15, 0.2) is 0 Å². The van der Waals surface area contributed by atoms with Crippen molar-refractivity contribution >= 4 is 0 Å². The number of hydrogen-bond acceptors (Lipinski definition) is 0. The highest BCUT2D eigenvalue weighted by molar-refractivity contribution is 4.81. The lowest BCUT2D eigenvalue weighted by Gasteiger charge is -1.90. The Morgan fingerprint density at radius 2 is 1.80 bits per heavy atom. The minimum Gasteiger partial charge on any atom is -0.258 e. The van der Waals surface area contributed by atoms with E-state index in [1.807, 2.05) is 0 Å². The third kappa shape index (κ3) is 7.70. The van der Waals surface area contributed by atoms with Crippen LogP contribution in [0.3, 0.4) is 0 Å². The predicted molar refractivity (Wildman–Crippen MR) is 45.9 cm³/mol. The Labute approximate surface area is 64.3 Å². The first kappa shape index (κ1) is 9.70. The number of hydrogen-bond donors (Lipinski definition) is 0. The minimum absolute atomic E-state index is 0.532. The summed E-state index contributed by atoms with van der Waals surface area (Å²) >= 11 is 0. The van der Waals surface area contributed by atoms with Gasteiger partial charge in [-0.3, -0.25) is 5.73 Å². The van der Waals surface area contributed by atoms with E-state index in [-0.39, 0.29) is 0 Å². The smallest absolute Gasteiger partial charge is 0.0134 e. The van der Waals surface area contributed by atoms with Crippen molar-refractivity contribution in [3.05, 3.63) is 12.2 Å². The van der Waals surface area contributed by atoms with Crippen LogP contribution in [0.4, 0.5) is 0 Å². The molecule has 0 spiro atoms. The van der Waals surface area contributed by atoms with Crippen molar-refractivity contribution in [3.8, 4) is 0 Å². The van der Waals surface area contributed by atoms with Gasteiger partial charge in [-0.1, -0.05) is 31.9 Å². The molecule has 10 heavy (non-hydrogen) atoms. The van der Waals surface area contributed by atoms with Crippen LogP contribution in [0, 0.1) is 0 Å². The summed E-state index contributed by atoms with van der Waals surface area (Å²) in [5.74, 6) is 0. The zero-order valence-corrected chi connectivity index (χ0v) is 6.90. The second-order valence-corrected chi connectivity index (χ2v) is 2.51. The summed E-state index contributed by atoms with van der Waals surface area (Å²) in [6.45, 7) is 2.75. The van der Waals surface area contributed by atoms with Gasteiger partial charge in [-0.15, -0.1) is 0 Å². The fourth-order valence-electron chi connectivity index (χ4n) is 0.831. The summed E-state index contributed by atoms with van der Waals surface area (Å²) < 4.78 is 0. The zero-order chi connectivity index (χ0) is 7.66. The van der Waals surface area contributed by atoms with Crippen LogP contribution in [-0.2, 0) is 0 Å². The van der Waals surface area contributed by atoms with Gasteiger partial charge in [0.2, 0.25) is 0 Å². The molecule has 0 saturated heterocycles. The molecule has 0 aromatic carbocycles. The van der Waals surface area contributed by atoms with Crippen LogP contribution in [0.15, 0.2) is 12.2 Å². The topological polar surface area (TPSA) is 23.8 Å². The van der Waals surface area contributed by atoms with Crippen LogP contribution in [0.2, 0.25) is 0 Å². The molecule has 0 heterocycles. The quantitative estimate of drug-likeness (QED) is 0.400. The Morgan fingerprint density at radius 1 is 1.10 bits per heavy atom. The predicted octanol–water partition coefficient (Wildman–Crippen LogP) is 2.80. The third-order valence-electron chi connectivity index (χ3n) is 1.45. The first-order chi connectivity index (χ1) is 4.91. The molecule has 0 bridgehead atoms. The standard InChI is InChI=1S/C9H18N/c1-2-3-4-5-6-7-8-9-10/h6-7,10H,2-5,8-9H2,1H3/b7-6+. The highest BCUT2D eigenvalue weighted by Gasteiger charge is 1.80. The molecule has 0 aliphatic carbocycles. The summed E-state index contributed by atoms with van der Waals surface area (Å²) in [7, 11) is 0. The van der Waals surface area contributed by atoms with Crippen molar-refractivity contribution in [2.24, 2.45) is 0 Å². The van der Waals surface area contributed by atoms with Gasteiger partial charge < -0.3 is 0 Å². The molecule has 0 saturated carbocycles. The number of unbranched alkanes of at least 4 members (excludes halogenated alkanes) is 3. The lowest BCUT2D eigenvalue weighted by Crippen LogP contribution is -1.78. The van der Waals surface area contributed by atoms with Crippen molar-refractivity contribution in [2.45, 2.75) is 39.0 Å². The molecule has 1 radical (unpaired) electrons. The molecule has 1 N–H and O–H groups in total. The van der Waals surface area contributed by atoms with Crippen molar-refractivity contribution in [2.75, 3.05) is 6.54 Å². The van der Waals surface area contributed by atoms with E-state index in [1.54, 1.807) is 0 Å². The Morgan fingerprint density at radius 3 is 2.40 bits per heavy atom. The maximum Gasteiger partial charge on any atom is 0.0134 e. The average Bonchev–Trinajstić information content (AvgIpc) is 1.97. The maximum atomic E-state index is 6.87. The van der Waals surface area contributed by atoms with Crippen LogP contribution in [0.1, 0.15) is 39.0 Å². The van der Waals surface area contributed by atoms with E-state index in [2.05, 4.69) is 19.1 Å². The van der Waals surface area contributed by atoms with Crippen LogP contribution < -0.4 is 5.73 Å². The first-order valence-corrected chi connectivity index (χ1v) is 4.21. The Kier molecular flexibility index (Phi) is 8.44. The molecule has 0 aliphatic heterocycles. The van der Waals surface area contributed by atoms with Crippen molar-refractivity contribution in [1.29, 1.82) is 0 Å². The highest BCUT2D eigenvalue weighted by Crippen LogP contribution is 1.99. The van der Waals surface area contributed by atoms with Crippen molar-refractivity contribution < 1.29 is 0 Å². The third-order valence-corrected chi connectivity index (χ3v) is 1.45. The maximum absolute atomic E-state index is 6.87. The number of nitrogens with one attached hydrogen (secondary N) is 1. The SMILES string of the molecule is CCCCC/C=C/CC[NH]. The van der Waals surface area contributed by atoms with E-state index in [1.165, 1.54) is 25.7 Å². The first-order valence-electron chi connectivity index (χ1n) is 4.21. The molecule has 0 aromatic heterocycles. The van der Waals surface area contributed by atoms with Gasteiger partial charge >= 0.3 is 0 Å². The number of rotatable bonds is 6. The van der Waals surface area contributed by atoms with Gasteiger partial charge in [0, 0.05) is 6.54 Å². The average molecular weight is 140 g/mol. The normalized spacial score (nSPS) is 11.0. The second-order valence-electron chi connectivity index (χ2n) is 2.51. The van der Waals surface area contributed by atoms with Crippen molar-refractivity contribution in [1.82, 2.24) is 5.73 Å². The zero-order valence-electron chi connectivity index (χ0n) is 6.90.